The highest BCUT2D eigenvalue weighted by Crippen LogP contribution is 2.20. The van der Waals surface area contributed by atoms with Gasteiger partial charge in [0.05, 0.1) is 13.2 Å². The lowest BCUT2D eigenvalue weighted by Crippen LogP contribution is -2.22. The van der Waals surface area contributed by atoms with Crippen LogP contribution in [0, 0.1) is 0 Å². The summed E-state index contributed by atoms with van der Waals surface area (Å²) in [6, 6.07) is 7.38. The van der Waals surface area contributed by atoms with Gasteiger partial charge in [-0.25, -0.2) is 0 Å². The number of halogens is 1. The van der Waals surface area contributed by atoms with E-state index < -0.39 is 0 Å². The number of ether oxygens (including phenoxy) is 1. The average Bonchev–Trinajstić information content (AvgIpc) is 2.85. The average molecular weight is 282 g/mol. The zero-order chi connectivity index (χ0) is 13.7. The molecule has 0 aliphatic carbocycles. The molecule has 0 saturated carbocycles. The molecule has 0 amide bonds. The Kier molecular flexibility index (Phi) is 4.90. The van der Waals surface area contributed by atoms with E-state index in [4.69, 9.17) is 20.9 Å². The first-order valence-electron chi connectivity index (χ1n) is 5.95. The van der Waals surface area contributed by atoms with Gasteiger partial charge in [0.2, 0.25) is 11.7 Å². The second-order valence-electron chi connectivity index (χ2n) is 4.25. The quantitative estimate of drug-likeness (QED) is 0.814. The molecule has 0 unspecified atom stereocenters. The first kappa shape index (κ1) is 14.0. The van der Waals surface area contributed by atoms with E-state index in [1.54, 1.807) is 7.11 Å². The molecule has 0 aliphatic rings. The zero-order valence-electron chi connectivity index (χ0n) is 11.0. The Morgan fingerprint density at radius 2 is 2.26 bits per heavy atom. The second-order valence-corrected chi connectivity index (χ2v) is 4.69. The van der Waals surface area contributed by atoms with Gasteiger partial charge in [0, 0.05) is 24.2 Å². The van der Waals surface area contributed by atoms with Crippen molar-refractivity contribution in [1.29, 1.82) is 0 Å². The number of hydrogen-bond acceptors (Lipinski definition) is 5. The Morgan fingerprint density at radius 3 is 3.00 bits per heavy atom. The van der Waals surface area contributed by atoms with E-state index in [1.165, 1.54) is 0 Å². The van der Waals surface area contributed by atoms with E-state index in [2.05, 4.69) is 15.0 Å². The second kappa shape index (κ2) is 6.65. The van der Waals surface area contributed by atoms with Crippen LogP contribution in [0.1, 0.15) is 5.89 Å². The first-order valence-corrected chi connectivity index (χ1v) is 6.33. The molecule has 1 aromatic heterocycles. The maximum Gasteiger partial charge on any atom is 0.241 e. The van der Waals surface area contributed by atoms with Crippen molar-refractivity contribution in [3.05, 3.63) is 35.2 Å². The fourth-order valence-corrected chi connectivity index (χ4v) is 1.81. The predicted octanol–water partition coefficient (Wildman–Crippen LogP) is 2.47. The Morgan fingerprint density at radius 1 is 1.42 bits per heavy atom. The molecule has 0 fully saturated rings. The van der Waals surface area contributed by atoms with Gasteiger partial charge in [0.1, 0.15) is 0 Å². The van der Waals surface area contributed by atoms with Gasteiger partial charge < -0.3 is 9.26 Å². The van der Waals surface area contributed by atoms with Crippen molar-refractivity contribution in [2.45, 2.75) is 6.54 Å². The third-order valence-electron chi connectivity index (χ3n) is 2.63. The summed E-state index contributed by atoms with van der Waals surface area (Å²) in [6.07, 6.45) is 0. The topological polar surface area (TPSA) is 51.4 Å². The highest BCUT2D eigenvalue weighted by atomic mass is 35.5. The number of nitrogens with zero attached hydrogens (tertiary/aromatic N) is 3. The van der Waals surface area contributed by atoms with Gasteiger partial charge in [-0.1, -0.05) is 28.9 Å². The number of likely N-dealkylation sites (N-methyl/N-ethyl adjacent to an activating group) is 1. The molecule has 0 N–H and O–H groups in total. The minimum Gasteiger partial charge on any atom is -0.383 e. The van der Waals surface area contributed by atoms with E-state index in [1.807, 2.05) is 31.3 Å². The standard InChI is InChI=1S/C13H16ClN3O2/c1-17(6-7-18-2)9-12-15-13(16-19-12)10-4-3-5-11(14)8-10/h3-5,8H,6-7,9H2,1-2H3. The predicted molar refractivity (Wildman–Crippen MR) is 73.0 cm³/mol. The first-order chi connectivity index (χ1) is 9.19. The minimum atomic E-state index is 0.553. The Balaban J connectivity index is 2.03. The van der Waals surface area contributed by atoms with E-state index in [-0.39, 0.29) is 0 Å². The van der Waals surface area contributed by atoms with Gasteiger partial charge in [0.15, 0.2) is 0 Å². The third-order valence-corrected chi connectivity index (χ3v) is 2.87. The summed E-state index contributed by atoms with van der Waals surface area (Å²) >= 11 is 5.93. The Hall–Kier alpha value is -1.43. The fourth-order valence-electron chi connectivity index (χ4n) is 1.62. The van der Waals surface area contributed by atoms with Crippen LogP contribution < -0.4 is 0 Å². The molecule has 2 rings (SSSR count). The molecule has 0 bridgehead atoms. The van der Waals surface area contributed by atoms with Crippen LogP contribution in [0.3, 0.4) is 0 Å². The van der Waals surface area contributed by atoms with Crippen LogP contribution in [0.25, 0.3) is 11.4 Å². The molecule has 102 valence electrons. The minimum absolute atomic E-state index is 0.553. The number of hydrogen-bond donors (Lipinski definition) is 0. The van der Waals surface area contributed by atoms with Gasteiger partial charge in [-0.15, -0.1) is 0 Å². The van der Waals surface area contributed by atoms with Crippen LogP contribution in [0.15, 0.2) is 28.8 Å². The molecule has 1 aromatic carbocycles. The van der Waals surface area contributed by atoms with Crippen molar-refractivity contribution in [3.8, 4) is 11.4 Å². The van der Waals surface area contributed by atoms with Crippen LogP contribution in [0.5, 0.6) is 0 Å². The van der Waals surface area contributed by atoms with Gasteiger partial charge in [0.25, 0.3) is 0 Å². The normalized spacial score (nSPS) is 11.2. The lowest BCUT2D eigenvalue weighted by molar-refractivity contribution is 0.152. The van der Waals surface area contributed by atoms with Crippen molar-refractivity contribution in [1.82, 2.24) is 15.0 Å². The van der Waals surface area contributed by atoms with Gasteiger partial charge >= 0.3 is 0 Å². The van der Waals surface area contributed by atoms with Gasteiger partial charge in [-0.2, -0.15) is 4.98 Å². The van der Waals surface area contributed by atoms with Crippen LogP contribution in [-0.4, -0.2) is 42.3 Å². The fraction of sp³-hybridized carbons (Fsp3) is 0.385. The monoisotopic (exact) mass is 281 g/mol. The highest BCUT2D eigenvalue weighted by Gasteiger charge is 2.10. The molecule has 0 radical (unpaired) electrons. The Bertz CT molecular complexity index is 530. The summed E-state index contributed by atoms with van der Waals surface area (Å²) in [5, 5.41) is 4.61. The molecule has 2 aromatic rings. The molecule has 0 spiro atoms. The van der Waals surface area contributed by atoms with Crippen LogP contribution in [0.4, 0.5) is 0 Å². The number of rotatable bonds is 6. The van der Waals surface area contributed by atoms with Crippen molar-refractivity contribution >= 4 is 11.6 Å². The van der Waals surface area contributed by atoms with Gasteiger partial charge in [-0.3, -0.25) is 4.90 Å². The summed E-state index contributed by atoms with van der Waals surface area (Å²) < 4.78 is 10.2. The number of methoxy groups -OCH3 is 1. The maximum atomic E-state index is 5.93. The molecule has 5 nitrogen and oxygen atoms in total. The highest BCUT2D eigenvalue weighted by molar-refractivity contribution is 6.30. The number of benzene rings is 1. The summed E-state index contributed by atoms with van der Waals surface area (Å²) in [4.78, 5) is 6.41. The van der Waals surface area contributed by atoms with E-state index in [0.29, 0.717) is 29.9 Å². The summed E-state index contributed by atoms with van der Waals surface area (Å²) in [7, 11) is 3.65. The summed E-state index contributed by atoms with van der Waals surface area (Å²) in [5.74, 6) is 1.13. The lowest BCUT2D eigenvalue weighted by atomic mass is 10.2. The third kappa shape index (κ3) is 4.02. The van der Waals surface area contributed by atoms with Crippen molar-refractivity contribution in [2.75, 3.05) is 27.3 Å². The molecule has 19 heavy (non-hydrogen) atoms. The summed E-state index contributed by atoms with van der Waals surface area (Å²) in [6.45, 7) is 2.08. The van der Waals surface area contributed by atoms with Crippen molar-refractivity contribution in [2.24, 2.45) is 0 Å². The smallest absolute Gasteiger partial charge is 0.241 e. The zero-order valence-corrected chi connectivity index (χ0v) is 11.7. The molecule has 0 atom stereocenters. The van der Waals surface area contributed by atoms with E-state index in [0.717, 1.165) is 12.1 Å². The van der Waals surface area contributed by atoms with Crippen molar-refractivity contribution < 1.29 is 9.26 Å². The molecule has 6 heteroatoms. The van der Waals surface area contributed by atoms with Crippen LogP contribution in [-0.2, 0) is 11.3 Å². The molecular weight excluding hydrogens is 266 g/mol. The SMILES string of the molecule is COCCN(C)Cc1nc(-c2cccc(Cl)c2)no1. The van der Waals surface area contributed by atoms with E-state index in [9.17, 15) is 0 Å². The van der Waals surface area contributed by atoms with Crippen LogP contribution in [0.2, 0.25) is 5.02 Å². The summed E-state index contributed by atoms with van der Waals surface area (Å²) in [5.41, 5.74) is 0.849. The Labute approximate surface area is 117 Å². The lowest BCUT2D eigenvalue weighted by Gasteiger charge is -2.12. The maximum absolute atomic E-state index is 5.93. The number of aromatic nitrogens is 2. The molecule has 1 heterocycles. The van der Waals surface area contributed by atoms with E-state index >= 15 is 0 Å². The largest absolute Gasteiger partial charge is 0.383 e. The molecule has 0 saturated heterocycles. The molecular formula is C13H16ClN3O2. The van der Waals surface area contributed by atoms with Crippen molar-refractivity contribution in [3.63, 3.8) is 0 Å². The van der Waals surface area contributed by atoms with Crippen LogP contribution >= 0.6 is 11.6 Å². The van der Waals surface area contributed by atoms with Gasteiger partial charge in [-0.05, 0) is 19.2 Å². The molecule has 0 aliphatic heterocycles.